The van der Waals surface area contributed by atoms with E-state index in [0.29, 0.717) is 6.54 Å². The van der Waals surface area contributed by atoms with Crippen LogP contribution in [0.4, 0.5) is 4.39 Å². The smallest absolute Gasteiger partial charge is 0.142 e. The Labute approximate surface area is 106 Å². The van der Waals surface area contributed by atoms with E-state index in [0.717, 1.165) is 25.0 Å². The van der Waals surface area contributed by atoms with Crippen LogP contribution in [0, 0.1) is 5.82 Å². The molecule has 0 aliphatic carbocycles. The fourth-order valence-electron chi connectivity index (χ4n) is 2.06. The summed E-state index contributed by atoms with van der Waals surface area (Å²) < 4.78 is 18.8. The lowest BCUT2D eigenvalue weighted by molar-refractivity contribution is 0.0832. The maximum Gasteiger partial charge on any atom is 0.142 e. The third kappa shape index (κ3) is 3.41. The van der Waals surface area contributed by atoms with Crippen molar-refractivity contribution in [3.63, 3.8) is 0 Å². The molecule has 0 saturated carbocycles. The lowest BCUT2D eigenvalue weighted by Crippen LogP contribution is -2.36. The molecule has 0 spiro atoms. The zero-order valence-corrected chi connectivity index (χ0v) is 10.6. The van der Waals surface area contributed by atoms with Gasteiger partial charge in [-0.2, -0.15) is 0 Å². The first-order valence-corrected chi connectivity index (χ1v) is 6.33. The Morgan fingerprint density at radius 2 is 2.41 bits per heavy atom. The molecule has 2 unspecified atom stereocenters. The van der Waals surface area contributed by atoms with Gasteiger partial charge in [0.2, 0.25) is 0 Å². The second-order valence-electron chi connectivity index (χ2n) is 4.47. The number of hydrogen-bond acceptors (Lipinski definition) is 2. The Kier molecular flexibility index (Phi) is 4.37. The van der Waals surface area contributed by atoms with E-state index in [1.807, 2.05) is 6.07 Å². The summed E-state index contributed by atoms with van der Waals surface area (Å²) in [6, 6.07) is 5.18. The molecule has 1 heterocycles. The maximum absolute atomic E-state index is 13.2. The van der Waals surface area contributed by atoms with Gasteiger partial charge < -0.3 is 10.1 Å². The van der Waals surface area contributed by atoms with Crippen LogP contribution < -0.4 is 5.32 Å². The third-order valence-electron chi connectivity index (χ3n) is 3.13. The van der Waals surface area contributed by atoms with Gasteiger partial charge in [-0.1, -0.05) is 17.7 Å². The lowest BCUT2D eigenvalue weighted by atomic mass is 10.1. The zero-order chi connectivity index (χ0) is 12.3. The maximum atomic E-state index is 13.2. The molecule has 1 fully saturated rings. The van der Waals surface area contributed by atoms with Crippen molar-refractivity contribution in [2.24, 2.45) is 0 Å². The molecule has 1 aromatic carbocycles. The second-order valence-corrected chi connectivity index (χ2v) is 4.88. The number of benzene rings is 1. The standard InChI is InChI=1S/C13H17ClFNO/c1-9(13-3-2-6-17-13)16-8-10-4-5-11(14)12(15)7-10/h4-5,7,9,13,16H,2-3,6,8H2,1H3. The quantitative estimate of drug-likeness (QED) is 0.895. The largest absolute Gasteiger partial charge is 0.377 e. The van der Waals surface area contributed by atoms with Gasteiger partial charge in [0, 0.05) is 19.2 Å². The van der Waals surface area contributed by atoms with Gasteiger partial charge in [0.25, 0.3) is 0 Å². The molecule has 2 rings (SSSR count). The molecule has 1 aliphatic heterocycles. The lowest BCUT2D eigenvalue weighted by Gasteiger charge is -2.20. The van der Waals surface area contributed by atoms with Crippen LogP contribution in [0.15, 0.2) is 18.2 Å². The van der Waals surface area contributed by atoms with E-state index >= 15 is 0 Å². The molecular weight excluding hydrogens is 241 g/mol. The van der Waals surface area contributed by atoms with Crippen LogP contribution in [0.5, 0.6) is 0 Å². The number of halogens is 2. The van der Waals surface area contributed by atoms with Crippen molar-refractivity contribution in [3.8, 4) is 0 Å². The molecule has 2 atom stereocenters. The van der Waals surface area contributed by atoms with E-state index in [1.165, 1.54) is 6.07 Å². The summed E-state index contributed by atoms with van der Waals surface area (Å²) in [5, 5.41) is 3.52. The number of ether oxygens (including phenoxy) is 1. The van der Waals surface area contributed by atoms with Crippen LogP contribution in [0.2, 0.25) is 5.02 Å². The highest BCUT2D eigenvalue weighted by Crippen LogP contribution is 2.17. The first-order chi connectivity index (χ1) is 8.16. The van der Waals surface area contributed by atoms with Crippen LogP contribution in [-0.2, 0) is 11.3 Å². The van der Waals surface area contributed by atoms with Crippen LogP contribution in [0.3, 0.4) is 0 Å². The van der Waals surface area contributed by atoms with E-state index in [4.69, 9.17) is 16.3 Å². The predicted molar refractivity (Wildman–Crippen MR) is 66.7 cm³/mol. The minimum absolute atomic E-state index is 0.168. The first-order valence-electron chi connectivity index (χ1n) is 5.96. The topological polar surface area (TPSA) is 21.3 Å². The monoisotopic (exact) mass is 257 g/mol. The minimum Gasteiger partial charge on any atom is -0.377 e. The molecule has 1 aromatic rings. The zero-order valence-electron chi connectivity index (χ0n) is 9.88. The molecule has 0 aromatic heterocycles. The Morgan fingerprint density at radius 1 is 1.59 bits per heavy atom. The van der Waals surface area contributed by atoms with E-state index in [1.54, 1.807) is 6.07 Å². The summed E-state index contributed by atoms with van der Waals surface area (Å²) in [7, 11) is 0. The third-order valence-corrected chi connectivity index (χ3v) is 3.44. The molecule has 4 heteroatoms. The van der Waals surface area contributed by atoms with Gasteiger partial charge in [-0.15, -0.1) is 0 Å². The van der Waals surface area contributed by atoms with Crippen molar-refractivity contribution in [2.45, 2.75) is 38.5 Å². The van der Waals surface area contributed by atoms with Gasteiger partial charge in [-0.3, -0.25) is 0 Å². The number of nitrogens with one attached hydrogen (secondary N) is 1. The minimum atomic E-state index is -0.365. The van der Waals surface area contributed by atoms with Crippen molar-refractivity contribution < 1.29 is 9.13 Å². The Bertz CT molecular complexity index is 380. The second kappa shape index (κ2) is 5.80. The van der Waals surface area contributed by atoms with E-state index < -0.39 is 0 Å². The highest BCUT2D eigenvalue weighted by atomic mass is 35.5. The highest BCUT2D eigenvalue weighted by Gasteiger charge is 2.21. The van der Waals surface area contributed by atoms with E-state index in [2.05, 4.69) is 12.2 Å². The summed E-state index contributed by atoms with van der Waals surface area (Å²) in [6.45, 7) is 3.59. The van der Waals surface area contributed by atoms with Gasteiger partial charge >= 0.3 is 0 Å². The van der Waals surface area contributed by atoms with Gasteiger partial charge in [-0.25, -0.2) is 4.39 Å². The van der Waals surface area contributed by atoms with Gasteiger partial charge in [0.05, 0.1) is 11.1 Å². The Hall–Kier alpha value is -0.640. The summed E-state index contributed by atoms with van der Waals surface area (Å²) in [4.78, 5) is 0. The first kappa shape index (κ1) is 12.8. The number of hydrogen-bond donors (Lipinski definition) is 1. The predicted octanol–water partition coefficient (Wildman–Crippen LogP) is 3.14. The molecule has 0 radical (unpaired) electrons. The normalized spacial score (nSPS) is 21.7. The molecular formula is C13H17ClFNO. The average molecular weight is 258 g/mol. The number of rotatable bonds is 4. The van der Waals surface area contributed by atoms with Crippen LogP contribution in [-0.4, -0.2) is 18.8 Å². The summed E-state index contributed by atoms with van der Waals surface area (Å²) >= 11 is 5.63. The molecule has 2 nitrogen and oxygen atoms in total. The summed E-state index contributed by atoms with van der Waals surface area (Å²) in [5.74, 6) is -0.365. The molecule has 1 N–H and O–H groups in total. The molecule has 0 bridgehead atoms. The molecule has 0 amide bonds. The Balaban J connectivity index is 1.86. The molecule has 1 aliphatic rings. The van der Waals surface area contributed by atoms with Crippen molar-refractivity contribution >= 4 is 11.6 Å². The molecule has 17 heavy (non-hydrogen) atoms. The molecule has 1 saturated heterocycles. The highest BCUT2D eigenvalue weighted by molar-refractivity contribution is 6.30. The van der Waals surface area contributed by atoms with Crippen molar-refractivity contribution in [1.29, 1.82) is 0 Å². The van der Waals surface area contributed by atoms with Crippen molar-refractivity contribution in [1.82, 2.24) is 5.32 Å². The van der Waals surface area contributed by atoms with Gasteiger partial charge in [0.1, 0.15) is 5.82 Å². The fourth-order valence-corrected chi connectivity index (χ4v) is 2.17. The fraction of sp³-hybridized carbons (Fsp3) is 0.538. The van der Waals surface area contributed by atoms with Crippen LogP contribution >= 0.6 is 11.6 Å². The van der Waals surface area contributed by atoms with Crippen LogP contribution in [0.25, 0.3) is 0 Å². The molecule has 94 valence electrons. The van der Waals surface area contributed by atoms with Gasteiger partial charge in [0.15, 0.2) is 0 Å². The summed E-state index contributed by atoms with van der Waals surface area (Å²) in [5.41, 5.74) is 0.900. The summed E-state index contributed by atoms with van der Waals surface area (Å²) in [6.07, 6.45) is 2.52. The van der Waals surface area contributed by atoms with Crippen LogP contribution in [0.1, 0.15) is 25.3 Å². The van der Waals surface area contributed by atoms with Crippen molar-refractivity contribution in [3.05, 3.63) is 34.6 Å². The Morgan fingerprint density at radius 3 is 3.06 bits per heavy atom. The van der Waals surface area contributed by atoms with Gasteiger partial charge in [-0.05, 0) is 37.5 Å². The van der Waals surface area contributed by atoms with E-state index in [-0.39, 0.29) is 23.0 Å². The van der Waals surface area contributed by atoms with Crippen molar-refractivity contribution in [2.75, 3.05) is 6.61 Å². The SMILES string of the molecule is CC(NCc1ccc(Cl)c(F)c1)C1CCCO1. The average Bonchev–Trinajstić information content (AvgIpc) is 2.84. The van der Waals surface area contributed by atoms with E-state index in [9.17, 15) is 4.39 Å².